The predicted molar refractivity (Wildman–Crippen MR) is 57.9 cm³/mol. The predicted octanol–water partition coefficient (Wildman–Crippen LogP) is 2.13. The van der Waals surface area contributed by atoms with Gasteiger partial charge in [0, 0.05) is 13.1 Å². The first-order chi connectivity index (χ1) is 5.99. The van der Waals surface area contributed by atoms with E-state index in [1.165, 1.54) is 12.8 Å². The molecule has 0 rings (SSSR count). The molecule has 80 valence electrons. The number of hydrogen-bond acceptors (Lipinski definition) is 2. The largest absolute Gasteiger partial charge is 0.395 e. The average molecular weight is 187 g/mol. The van der Waals surface area contributed by atoms with E-state index in [1.807, 2.05) is 0 Å². The van der Waals surface area contributed by atoms with Gasteiger partial charge in [0.1, 0.15) is 0 Å². The van der Waals surface area contributed by atoms with Gasteiger partial charge in [-0.2, -0.15) is 0 Å². The van der Waals surface area contributed by atoms with Gasteiger partial charge >= 0.3 is 0 Å². The Morgan fingerprint density at radius 1 is 1.15 bits per heavy atom. The van der Waals surface area contributed by atoms with Crippen molar-refractivity contribution in [2.45, 2.75) is 40.5 Å². The normalized spacial score (nSPS) is 12.5. The van der Waals surface area contributed by atoms with Crippen molar-refractivity contribution < 1.29 is 5.11 Å². The highest BCUT2D eigenvalue weighted by Crippen LogP contribution is 2.15. The molecule has 0 radical (unpaired) electrons. The second kappa shape index (κ2) is 6.39. The standard InChI is InChI=1S/C11H25NO/c1-5-6-7-12(8-9-13)10-11(2,3)4/h13H,5-10H2,1-4H3. The quantitative estimate of drug-likeness (QED) is 0.688. The Morgan fingerprint density at radius 3 is 2.15 bits per heavy atom. The highest BCUT2D eigenvalue weighted by atomic mass is 16.3. The Balaban J connectivity index is 3.79. The number of unbranched alkanes of at least 4 members (excludes halogenated alkanes) is 1. The van der Waals surface area contributed by atoms with Crippen LogP contribution in [0.1, 0.15) is 40.5 Å². The van der Waals surface area contributed by atoms with Gasteiger partial charge in [0.05, 0.1) is 6.61 Å². The van der Waals surface area contributed by atoms with Crippen molar-refractivity contribution in [2.75, 3.05) is 26.2 Å². The molecular weight excluding hydrogens is 162 g/mol. The number of aliphatic hydroxyl groups excluding tert-OH is 1. The molecule has 13 heavy (non-hydrogen) atoms. The van der Waals surface area contributed by atoms with Crippen molar-refractivity contribution in [2.24, 2.45) is 5.41 Å². The van der Waals surface area contributed by atoms with Crippen molar-refractivity contribution in [1.29, 1.82) is 0 Å². The van der Waals surface area contributed by atoms with Gasteiger partial charge in [0.15, 0.2) is 0 Å². The van der Waals surface area contributed by atoms with Crippen molar-refractivity contribution in [3.05, 3.63) is 0 Å². The van der Waals surface area contributed by atoms with E-state index in [0.717, 1.165) is 19.6 Å². The maximum absolute atomic E-state index is 8.89. The second-order valence-electron chi connectivity index (χ2n) is 4.91. The third-order valence-corrected chi connectivity index (χ3v) is 1.94. The molecule has 0 fully saturated rings. The van der Waals surface area contributed by atoms with Crippen LogP contribution < -0.4 is 0 Å². The molecule has 0 bridgehead atoms. The molecule has 0 saturated heterocycles. The number of nitrogens with zero attached hydrogens (tertiary/aromatic N) is 1. The summed E-state index contributed by atoms with van der Waals surface area (Å²) in [6.07, 6.45) is 2.46. The first-order valence-corrected chi connectivity index (χ1v) is 5.33. The SMILES string of the molecule is CCCCN(CCO)CC(C)(C)C. The molecule has 2 nitrogen and oxygen atoms in total. The van der Waals surface area contributed by atoms with Gasteiger partial charge in [-0.1, -0.05) is 34.1 Å². The fourth-order valence-electron chi connectivity index (χ4n) is 1.46. The highest BCUT2D eigenvalue weighted by Gasteiger charge is 2.15. The van der Waals surface area contributed by atoms with Crippen LogP contribution in [0.4, 0.5) is 0 Å². The van der Waals surface area contributed by atoms with Crippen molar-refractivity contribution in [3.63, 3.8) is 0 Å². The van der Waals surface area contributed by atoms with Gasteiger partial charge in [0.2, 0.25) is 0 Å². The lowest BCUT2D eigenvalue weighted by molar-refractivity contribution is 0.150. The minimum atomic E-state index is 0.278. The topological polar surface area (TPSA) is 23.5 Å². The van der Waals surface area contributed by atoms with Crippen LogP contribution >= 0.6 is 0 Å². The summed E-state index contributed by atoms with van der Waals surface area (Å²) in [4.78, 5) is 2.35. The lowest BCUT2D eigenvalue weighted by Gasteiger charge is -2.29. The summed E-state index contributed by atoms with van der Waals surface area (Å²) >= 11 is 0. The molecule has 0 saturated carbocycles. The molecule has 0 amide bonds. The Kier molecular flexibility index (Phi) is 6.35. The zero-order valence-corrected chi connectivity index (χ0v) is 9.64. The molecule has 0 aliphatic heterocycles. The molecule has 0 atom stereocenters. The lowest BCUT2D eigenvalue weighted by Crippen LogP contribution is -2.35. The summed E-state index contributed by atoms with van der Waals surface area (Å²) in [5.41, 5.74) is 0.336. The van der Waals surface area contributed by atoms with Crippen LogP contribution in [0.15, 0.2) is 0 Å². The smallest absolute Gasteiger partial charge is 0.0558 e. The Morgan fingerprint density at radius 2 is 1.77 bits per heavy atom. The minimum Gasteiger partial charge on any atom is -0.395 e. The van der Waals surface area contributed by atoms with E-state index >= 15 is 0 Å². The molecule has 2 heteroatoms. The van der Waals surface area contributed by atoms with E-state index in [4.69, 9.17) is 5.11 Å². The summed E-state index contributed by atoms with van der Waals surface area (Å²) in [7, 11) is 0. The van der Waals surface area contributed by atoms with Crippen LogP contribution in [-0.4, -0.2) is 36.2 Å². The van der Waals surface area contributed by atoms with Gasteiger partial charge in [0.25, 0.3) is 0 Å². The van der Waals surface area contributed by atoms with E-state index in [9.17, 15) is 0 Å². The van der Waals surface area contributed by atoms with Crippen LogP contribution in [0.5, 0.6) is 0 Å². The molecule has 0 aliphatic rings. The van der Waals surface area contributed by atoms with Gasteiger partial charge in [-0.25, -0.2) is 0 Å². The maximum Gasteiger partial charge on any atom is 0.0558 e. The Labute approximate surface area is 82.9 Å². The van der Waals surface area contributed by atoms with Crippen LogP contribution in [0, 0.1) is 5.41 Å². The summed E-state index contributed by atoms with van der Waals surface area (Å²) in [6, 6.07) is 0. The van der Waals surface area contributed by atoms with Crippen LogP contribution in [0.2, 0.25) is 0 Å². The van der Waals surface area contributed by atoms with E-state index in [1.54, 1.807) is 0 Å². The first-order valence-electron chi connectivity index (χ1n) is 5.33. The second-order valence-corrected chi connectivity index (χ2v) is 4.91. The van der Waals surface area contributed by atoms with Crippen molar-refractivity contribution in [1.82, 2.24) is 4.90 Å². The lowest BCUT2D eigenvalue weighted by atomic mass is 9.96. The number of aliphatic hydroxyl groups is 1. The average Bonchev–Trinajstić information content (AvgIpc) is 1.98. The molecule has 0 aliphatic carbocycles. The third-order valence-electron chi connectivity index (χ3n) is 1.94. The monoisotopic (exact) mass is 187 g/mol. The van der Waals surface area contributed by atoms with Crippen LogP contribution in [0.25, 0.3) is 0 Å². The minimum absolute atomic E-state index is 0.278. The Hall–Kier alpha value is -0.0800. The van der Waals surface area contributed by atoms with Gasteiger partial charge < -0.3 is 10.0 Å². The summed E-state index contributed by atoms with van der Waals surface area (Å²) in [6.45, 7) is 12.2. The molecule has 0 unspecified atom stereocenters. The highest BCUT2D eigenvalue weighted by molar-refractivity contribution is 4.68. The van der Waals surface area contributed by atoms with Gasteiger partial charge in [-0.3, -0.25) is 0 Å². The molecule has 0 aromatic rings. The Bertz CT molecular complexity index is 118. The van der Waals surface area contributed by atoms with Crippen molar-refractivity contribution in [3.8, 4) is 0 Å². The third kappa shape index (κ3) is 8.26. The summed E-state index contributed by atoms with van der Waals surface area (Å²) < 4.78 is 0. The molecule has 0 aromatic carbocycles. The molecule has 0 aromatic heterocycles. The van der Waals surface area contributed by atoms with Crippen molar-refractivity contribution >= 4 is 0 Å². The summed E-state index contributed by atoms with van der Waals surface area (Å²) in [5.74, 6) is 0. The van der Waals surface area contributed by atoms with E-state index in [2.05, 4.69) is 32.6 Å². The number of rotatable bonds is 6. The molecular formula is C11H25NO. The molecule has 1 N–H and O–H groups in total. The number of hydrogen-bond donors (Lipinski definition) is 1. The fraction of sp³-hybridized carbons (Fsp3) is 1.00. The zero-order valence-electron chi connectivity index (χ0n) is 9.64. The van der Waals surface area contributed by atoms with Crippen LogP contribution in [-0.2, 0) is 0 Å². The van der Waals surface area contributed by atoms with E-state index in [-0.39, 0.29) is 6.61 Å². The summed E-state index contributed by atoms with van der Waals surface area (Å²) in [5, 5.41) is 8.89. The van der Waals surface area contributed by atoms with Crippen LogP contribution in [0.3, 0.4) is 0 Å². The van der Waals surface area contributed by atoms with Gasteiger partial charge in [-0.15, -0.1) is 0 Å². The fourth-order valence-corrected chi connectivity index (χ4v) is 1.46. The first kappa shape index (κ1) is 12.9. The maximum atomic E-state index is 8.89. The zero-order chi connectivity index (χ0) is 10.3. The van der Waals surface area contributed by atoms with E-state index < -0.39 is 0 Å². The molecule has 0 heterocycles. The molecule has 0 spiro atoms. The van der Waals surface area contributed by atoms with Gasteiger partial charge in [-0.05, 0) is 18.4 Å². The van der Waals surface area contributed by atoms with E-state index in [0.29, 0.717) is 5.41 Å².